The molecule has 0 spiro atoms. The van der Waals surface area contributed by atoms with Crippen LogP contribution in [0.4, 0.5) is 5.82 Å². The second-order valence-corrected chi connectivity index (χ2v) is 3.56. The average molecular weight is 237 g/mol. The summed E-state index contributed by atoms with van der Waals surface area (Å²) in [6.07, 6.45) is 2.61. The first kappa shape index (κ1) is 13.4. The van der Waals surface area contributed by atoms with E-state index in [2.05, 4.69) is 27.3 Å². The fraction of sp³-hybridized carbons (Fsp3) is 0.500. The Kier molecular flexibility index (Phi) is 6.03. The molecule has 94 valence electrons. The molecule has 2 N–H and O–H groups in total. The Bertz CT molecular complexity index is 355. The highest BCUT2D eigenvalue weighted by Gasteiger charge is 2.05. The van der Waals surface area contributed by atoms with Crippen molar-refractivity contribution in [3.8, 4) is 0 Å². The van der Waals surface area contributed by atoms with Gasteiger partial charge in [-0.25, -0.2) is 9.78 Å². The number of carbonyl (C=O) groups excluding carboxylic acids is 1. The molecule has 0 atom stereocenters. The molecule has 0 saturated heterocycles. The zero-order chi connectivity index (χ0) is 12.5. The molecule has 0 amide bonds. The normalized spacial score (nSPS) is 10.0. The lowest BCUT2D eigenvalue weighted by molar-refractivity contribution is 0.0600. The average Bonchev–Trinajstić information content (AvgIpc) is 2.38. The minimum absolute atomic E-state index is 0.344. The molecule has 0 aliphatic rings. The van der Waals surface area contributed by atoms with E-state index in [1.165, 1.54) is 7.11 Å². The van der Waals surface area contributed by atoms with Crippen LogP contribution < -0.4 is 10.6 Å². The van der Waals surface area contributed by atoms with E-state index in [1.807, 2.05) is 0 Å². The molecule has 5 nitrogen and oxygen atoms in total. The fourth-order valence-corrected chi connectivity index (χ4v) is 1.38. The van der Waals surface area contributed by atoms with Crippen LogP contribution in [0.3, 0.4) is 0 Å². The van der Waals surface area contributed by atoms with Crippen molar-refractivity contribution in [3.05, 3.63) is 23.9 Å². The van der Waals surface area contributed by atoms with Crippen LogP contribution in [0.1, 0.15) is 23.7 Å². The van der Waals surface area contributed by atoms with E-state index < -0.39 is 0 Å². The van der Waals surface area contributed by atoms with Crippen molar-refractivity contribution in [2.24, 2.45) is 0 Å². The summed E-state index contributed by atoms with van der Waals surface area (Å²) in [6.45, 7) is 4.86. The highest BCUT2D eigenvalue weighted by molar-refractivity contribution is 5.89. The van der Waals surface area contributed by atoms with Crippen LogP contribution in [0.5, 0.6) is 0 Å². The van der Waals surface area contributed by atoms with E-state index >= 15 is 0 Å². The number of anilines is 1. The molecule has 1 aromatic heterocycles. The molecule has 0 aromatic carbocycles. The number of rotatable bonds is 7. The molecule has 0 aliphatic heterocycles. The van der Waals surface area contributed by atoms with Crippen molar-refractivity contribution in [1.82, 2.24) is 10.3 Å². The Morgan fingerprint density at radius 1 is 1.47 bits per heavy atom. The molecular formula is C12H19N3O2. The smallest absolute Gasteiger partial charge is 0.338 e. The van der Waals surface area contributed by atoms with Crippen molar-refractivity contribution in [3.63, 3.8) is 0 Å². The maximum absolute atomic E-state index is 11.3. The molecule has 0 aliphatic carbocycles. The number of ether oxygens (including phenoxy) is 1. The maximum atomic E-state index is 11.3. The van der Waals surface area contributed by atoms with Crippen LogP contribution in [0, 0.1) is 0 Å². The van der Waals surface area contributed by atoms with Crippen LogP contribution in [-0.4, -0.2) is 37.7 Å². The summed E-state index contributed by atoms with van der Waals surface area (Å²) in [5.41, 5.74) is 0.511. The zero-order valence-electron chi connectivity index (χ0n) is 10.3. The fourth-order valence-electron chi connectivity index (χ4n) is 1.38. The van der Waals surface area contributed by atoms with E-state index in [4.69, 9.17) is 0 Å². The Hall–Kier alpha value is -1.62. The molecule has 1 rings (SSSR count). The summed E-state index contributed by atoms with van der Waals surface area (Å²) in [6, 6.07) is 3.33. The molecule has 17 heavy (non-hydrogen) atoms. The topological polar surface area (TPSA) is 63.2 Å². The minimum Gasteiger partial charge on any atom is -0.465 e. The summed E-state index contributed by atoms with van der Waals surface area (Å²) in [7, 11) is 1.37. The molecule has 0 saturated carbocycles. The van der Waals surface area contributed by atoms with Crippen LogP contribution in [0.15, 0.2) is 18.3 Å². The van der Waals surface area contributed by atoms with Gasteiger partial charge in [0, 0.05) is 12.7 Å². The Labute approximate surface area is 102 Å². The highest BCUT2D eigenvalue weighted by atomic mass is 16.5. The molecule has 0 unspecified atom stereocenters. The van der Waals surface area contributed by atoms with Gasteiger partial charge in [-0.05, 0) is 31.6 Å². The number of hydrogen-bond donors (Lipinski definition) is 2. The molecule has 0 bridgehead atoms. The molecule has 5 heteroatoms. The van der Waals surface area contributed by atoms with Gasteiger partial charge in [0.1, 0.15) is 5.82 Å². The second-order valence-electron chi connectivity index (χ2n) is 3.56. The van der Waals surface area contributed by atoms with Crippen LogP contribution in [-0.2, 0) is 4.74 Å². The number of esters is 1. The predicted octanol–water partition coefficient (Wildman–Crippen LogP) is 1.28. The number of nitrogens with zero attached hydrogens (tertiary/aromatic N) is 1. The third kappa shape index (κ3) is 4.82. The van der Waals surface area contributed by atoms with E-state index in [0.29, 0.717) is 11.4 Å². The monoisotopic (exact) mass is 237 g/mol. The lowest BCUT2D eigenvalue weighted by Gasteiger charge is -2.06. The summed E-state index contributed by atoms with van der Waals surface area (Å²) >= 11 is 0. The highest BCUT2D eigenvalue weighted by Crippen LogP contribution is 2.07. The number of nitrogens with one attached hydrogen (secondary N) is 2. The largest absolute Gasteiger partial charge is 0.465 e. The number of pyridine rings is 1. The molecule has 0 fully saturated rings. The Morgan fingerprint density at radius 2 is 2.29 bits per heavy atom. The molecule has 1 aromatic rings. The Balaban J connectivity index is 2.40. The van der Waals surface area contributed by atoms with Gasteiger partial charge in [-0.3, -0.25) is 0 Å². The number of methoxy groups -OCH3 is 1. The second kappa shape index (κ2) is 7.62. The van der Waals surface area contributed by atoms with Gasteiger partial charge in [-0.15, -0.1) is 0 Å². The lowest BCUT2D eigenvalue weighted by atomic mass is 10.2. The molecule has 1 heterocycles. The Morgan fingerprint density at radius 3 is 3.00 bits per heavy atom. The van der Waals surface area contributed by atoms with Crippen LogP contribution in [0.25, 0.3) is 0 Å². The van der Waals surface area contributed by atoms with Crippen molar-refractivity contribution < 1.29 is 9.53 Å². The lowest BCUT2D eigenvalue weighted by Crippen LogP contribution is -2.17. The van der Waals surface area contributed by atoms with E-state index in [9.17, 15) is 4.79 Å². The van der Waals surface area contributed by atoms with Gasteiger partial charge in [0.05, 0.1) is 12.7 Å². The van der Waals surface area contributed by atoms with Gasteiger partial charge < -0.3 is 15.4 Å². The molecule has 0 radical (unpaired) electrons. The summed E-state index contributed by atoms with van der Waals surface area (Å²) in [5, 5.41) is 6.40. The van der Waals surface area contributed by atoms with Crippen molar-refractivity contribution in [2.45, 2.75) is 13.3 Å². The number of hydrogen-bond acceptors (Lipinski definition) is 5. The van der Waals surface area contributed by atoms with Crippen molar-refractivity contribution in [1.29, 1.82) is 0 Å². The number of carbonyl (C=O) groups is 1. The minimum atomic E-state index is -0.344. The predicted molar refractivity (Wildman–Crippen MR) is 67.2 cm³/mol. The first-order valence-electron chi connectivity index (χ1n) is 5.77. The number of aromatic nitrogens is 1. The van der Waals surface area contributed by atoms with Gasteiger partial charge in [-0.1, -0.05) is 6.92 Å². The van der Waals surface area contributed by atoms with E-state index in [-0.39, 0.29) is 5.97 Å². The first-order valence-corrected chi connectivity index (χ1v) is 5.77. The first-order chi connectivity index (χ1) is 8.27. The van der Waals surface area contributed by atoms with Crippen LogP contribution in [0.2, 0.25) is 0 Å². The van der Waals surface area contributed by atoms with Crippen LogP contribution >= 0.6 is 0 Å². The summed E-state index contributed by atoms with van der Waals surface area (Å²) in [5.74, 6) is 0.354. The summed E-state index contributed by atoms with van der Waals surface area (Å²) in [4.78, 5) is 15.4. The molecular weight excluding hydrogens is 218 g/mol. The van der Waals surface area contributed by atoms with Crippen molar-refractivity contribution >= 4 is 11.8 Å². The zero-order valence-corrected chi connectivity index (χ0v) is 10.3. The summed E-state index contributed by atoms with van der Waals surface area (Å²) < 4.78 is 4.64. The van der Waals surface area contributed by atoms with E-state index in [0.717, 1.165) is 26.1 Å². The van der Waals surface area contributed by atoms with E-state index in [1.54, 1.807) is 18.3 Å². The third-order valence-corrected chi connectivity index (χ3v) is 2.27. The maximum Gasteiger partial charge on any atom is 0.338 e. The quantitative estimate of drug-likeness (QED) is 0.552. The standard InChI is InChI=1S/C12H19N3O2/c1-3-13-6-4-7-14-11-9-10(5-8-15-11)12(16)17-2/h5,8-9,13H,3-4,6-7H2,1-2H3,(H,14,15). The van der Waals surface area contributed by atoms with Gasteiger partial charge in [-0.2, -0.15) is 0 Å². The van der Waals surface area contributed by atoms with Gasteiger partial charge in [0.25, 0.3) is 0 Å². The SMILES string of the molecule is CCNCCCNc1cc(C(=O)OC)ccn1. The van der Waals surface area contributed by atoms with Crippen molar-refractivity contribution in [2.75, 3.05) is 32.1 Å². The van der Waals surface area contributed by atoms with Gasteiger partial charge in [0.2, 0.25) is 0 Å². The third-order valence-electron chi connectivity index (χ3n) is 2.27. The van der Waals surface area contributed by atoms with Gasteiger partial charge in [0.15, 0.2) is 0 Å². The van der Waals surface area contributed by atoms with Gasteiger partial charge >= 0.3 is 5.97 Å².